The SMILES string of the molecule is C=CC(=O)OC(=O)C(C)(CC)CC(=O)O. The molecule has 1 N–H and O–H groups in total. The van der Waals surface area contributed by atoms with E-state index >= 15 is 0 Å². The summed E-state index contributed by atoms with van der Waals surface area (Å²) in [5, 5.41) is 8.61. The van der Waals surface area contributed by atoms with Crippen LogP contribution in [0.15, 0.2) is 12.7 Å². The highest BCUT2D eigenvalue weighted by Gasteiger charge is 2.36. The Morgan fingerprint density at radius 2 is 2.00 bits per heavy atom. The minimum absolute atomic E-state index is 0.280. The van der Waals surface area contributed by atoms with Crippen molar-refractivity contribution >= 4 is 17.9 Å². The lowest BCUT2D eigenvalue weighted by Gasteiger charge is -2.22. The van der Waals surface area contributed by atoms with Gasteiger partial charge in [-0.15, -0.1) is 0 Å². The maximum Gasteiger partial charge on any atom is 0.337 e. The largest absolute Gasteiger partial charge is 0.481 e. The van der Waals surface area contributed by atoms with Crippen molar-refractivity contribution in [1.29, 1.82) is 0 Å². The summed E-state index contributed by atoms with van der Waals surface area (Å²) < 4.78 is 4.40. The van der Waals surface area contributed by atoms with Gasteiger partial charge in [0.25, 0.3) is 0 Å². The first kappa shape index (κ1) is 13.4. The van der Waals surface area contributed by atoms with Crippen LogP contribution in [0.5, 0.6) is 0 Å². The minimum Gasteiger partial charge on any atom is -0.481 e. The second-order valence-corrected chi connectivity index (χ2v) is 3.40. The van der Waals surface area contributed by atoms with Gasteiger partial charge in [0.1, 0.15) is 0 Å². The van der Waals surface area contributed by atoms with Crippen LogP contribution in [0.4, 0.5) is 0 Å². The molecule has 0 rings (SSSR count). The Morgan fingerprint density at radius 3 is 2.33 bits per heavy atom. The van der Waals surface area contributed by atoms with Gasteiger partial charge < -0.3 is 9.84 Å². The Bertz CT molecular complexity index is 294. The lowest BCUT2D eigenvalue weighted by Crippen LogP contribution is -2.33. The minimum atomic E-state index is -1.18. The van der Waals surface area contributed by atoms with Gasteiger partial charge in [0, 0.05) is 6.08 Å². The van der Waals surface area contributed by atoms with Crippen LogP contribution in [-0.4, -0.2) is 23.0 Å². The number of carbonyl (C=O) groups is 3. The number of carboxylic acid groups (broad SMARTS) is 1. The van der Waals surface area contributed by atoms with E-state index in [1.54, 1.807) is 6.92 Å². The molecular weight excluding hydrogens is 200 g/mol. The van der Waals surface area contributed by atoms with E-state index in [-0.39, 0.29) is 12.8 Å². The molecule has 0 aliphatic carbocycles. The molecule has 0 aromatic heterocycles. The second kappa shape index (κ2) is 5.29. The summed E-state index contributed by atoms with van der Waals surface area (Å²) >= 11 is 0. The Hall–Kier alpha value is -1.65. The van der Waals surface area contributed by atoms with Gasteiger partial charge in [-0.05, 0) is 13.3 Å². The zero-order valence-electron chi connectivity index (χ0n) is 8.78. The van der Waals surface area contributed by atoms with Gasteiger partial charge in [-0.2, -0.15) is 0 Å². The van der Waals surface area contributed by atoms with E-state index < -0.39 is 23.3 Å². The van der Waals surface area contributed by atoms with Crippen molar-refractivity contribution in [3.05, 3.63) is 12.7 Å². The third-order valence-electron chi connectivity index (χ3n) is 2.17. The number of carbonyl (C=O) groups excluding carboxylic acids is 2. The van der Waals surface area contributed by atoms with Crippen molar-refractivity contribution in [3.63, 3.8) is 0 Å². The monoisotopic (exact) mass is 214 g/mol. The van der Waals surface area contributed by atoms with Crippen LogP contribution < -0.4 is 0 Å². The van der Waals surface area contributed by atoms with Crippen LogP contribution in [-0.2, 0) is 19.1 Å². The Kier molecular flexibility index (Phi) is 4.70. The van der Waals surface area contributed by atoms with Crippen molar-refractivity contribution < 1.29 is 24.2 Å². The zero-order chi connectivity index (χ0) is 12.1. The van der Waals surface area contributed by atoms with Crippen molar-refractivity contribution in [2.75, 3.05) is 0 Å². The highest BCUT2D eigenvalue weighted by Crippen LogP contribution is 2.27. The predicted octanol–water partition coefficient (Wildman–Crippen LogP) is 1.13. The van der Waals surface area contributed by atoms with Gasteiger partial charge in [-0.25, -0.2) is 4.79 Å². The molecule has 0 aliphatic rings. The van der Waals surface area contributed by atoms with Gasteiger partial charge in [0.2, 0.25) is 0 Å². The summed E-state index contributed by atoms with van der Waals surface area (Å²) in [5.74, 6) is -2.82. The lowest BCUT2D eigenvalue weighted by atomic mass is 9.84. The average molecular weight is 214 g/mol. The van der Waals surface area contributed by atoms with Gasteiger partial charge in [0.05, 0.1) is 11.8 Å². The topological polar surface area (TPSA) is 80.7 Å². The summed E-state index contributed by atoms with van der Waals surface area (Å²) in [5.41, 5.74) is -1.18. The number of aliphatic carboxylic acids is 1. The molecule has 0 aliphatic heterocycles. The fourth-order valence-corrected chi connectivity index (χ4v) is 0.932. The van der Waals surface area contributed by atoms with Crippen LogP contribution in [0, 0.1) is 5.41 Å². The maximum atomic E-state index is 11.4. The number of carboxylic acids is 1. The molecular formula is C10H14O5. The molecule has 0 aromatic rings. The Labute approximate surface area is 87.7 Å². The molecule has 0 saturated heterocycles. The van der Waals surface area contributed by atoms with Crippen molar-refractivity contribution in [1.82, 2.24) is 0 Å². The highest BCUT2D eigenvalue weighted by atomic mass is 16.6. The average Bonchev–Trinajstić information content (AvgIpc) is 2.16. The van der Waals surface area contributed by atoms with Crippen molar-refractivity contribution in [2.24, 2.45) is 5.41 Å². The summed E-state index contributed by atoms with van der Waals surface area (Å²) in [7, 11) is 0. The third kappa shape index (κ3) is 3.93. The molecule has 0 amide bonds. The van der Waals surface area contributed by atoms with E-state index in [1.807, 2.05) is 0 Å². The summed E-state index contributed by atoms with van der Waals surface area (Å²) in [6.07, 6.45) is 0.768. The van der Waals surface area contributed by atoms with Crippen LogP contribution >= 0.6 is 0 Å². The molecule has 0 bridgehead atoms. The maximum absolute atomic E-state index is 11.4. The first-order valence-electron chi connectivity index (χ1n) is 4.46. The van der Waals surface area contributed by atoms with Crippen LogP contribution in [0.1, 0.15) is 26.7 Å². The zero-order valence-corrected chi connectivity index (χ0v) is 8.78. The molecule has 0 saturated carbocycles. The van der Waals surface area contributed by atoms with Gasteiger partial charge >= 0.3 is 17.9 Å². The number of esters is 2. The normalized spacial score (nSPS) is 13.7. The van der Waals surface area contributed by atoms with Gasteiger partial charge in [-0.1, -0.05) is 13.5 Å². The predicted molar refractivity (Wildman–Crippen MR) is 51.9 cm³/mol. The quantitative estimate of drug-likeness (QED) is 0.421. The fourth-order valence-electron chi connectivity index (χ4n) is 0.932. The molecule has 0 radical (unpaired) electrons. The molecule has 5 heteroatoms. The number of ether oxygens (including phenoxy) is 1. The van der Waals surface area contributed by atoms with E-state index in [4.69, 9.17) is 5.11 Å². The highest BCUT2D eigenvalue weighted by molar-refractivity contribution is 5.94. The molecule has 5 nitrogen and oxygen atoms in total. The first-order valence-corrected chi connectivity index (χ1v) is 4.46. The molecule has 0 aromatic carbocycles. The third-order valence-corrected chi connectivity index (χ3v) is 2.17. The summed E-state index contributed by atoms with van der Waals surface area (Å²) in [4.78, 5) is 32.7. The number of rotatable bonds is 5. The first-order chi connectivity index (χ1) is 6.85. The molecule has 0 spiro atoms. The van der Waals surface area contributed by atoms with Crippen molar-refractivity contribution in [2.45, 2.75) is 26.7 Å². The van der Waals surface area contributed by atoms with Crippen LogP contribution in [0.2, 0.25) is 0 Å². The van der Waals surface area contributed by atoms with E-state index in [2.05, 4.69) is 11.3 Å². The smallest absolute Gasteiger partial charge is 0.337 e. The molecule has 15 heavy (non-hydrogen) atoms. The van der Waals surface area contributed by atoms with E-state index in [1.165, 1.54) is 6.92 Å². The molecule has 0 fully saturated rings. The fraction of sp³-hybridized carbons (Fsp3) is 0.500. The Morgan fingerprint density at radius 1 is 1.47 bits per heavy atom. The van der Waals surface area contributed by atoms with E-state index in [0.717, 1.165) is 6.08 Å². The number of hydrogen-bond acceptors (Lipinski definition) is 4. The van der Waals surface area contributed by atoms with E-state index in [0.29, 0.717) is 0 Å². The van der Waals surface area contributed by atoms with Gasteiger partial charge in [-0.3, -0.25) is 9.59 Å². The molecule has 0 heterocycles. The molecule has 84 valence electrons. The molecule has 1 unspecified atom stereocenters. The van der Waals surface area contributed by atoms with E-state index in [9.17, 15) is 14.4 Å². The number of hydrogen-bond donors (Lipinski definition) is 1. The van der Waals surface area contributed by atoms with Crippen LogP contribution in [0.25, 0.3) is 0 Å². The summed E-state index contributed by atoms with van der Waals surface area (Å²) in [6.45, 7) is 6.24. The molecule has 1 atom stereocenters. The van der Waals surface area contributed by atoms with Gasteiger partial charge in [0.15, 0.2) is 0 Å². The lowest BCUT2D eigenvalue weighted by molar-refractivity contribution is -0.167. The second-order valence-electron chi connectivity index (χ2n) is 3.40. The Balaban J connectivity index is 4.64. The van der Waals surface area contributed by atoms with Crippen LogP contribution in [0.3, 0.4) is 0 Å². The standard InChI is InChI=1S/C10H14O5/c1-4-8(13)15-9(14)10(3,5-2)6-7(11)12/h4H,1,5-6H2,2-3H3,(H,11,12). The van der Waals surface area contributed by atoms with Crippen molar-refractivity contribution in [3.8, 4) is 0 Å². The summed E-state index contributed by atoms with van der Waals surface area (Å²) in [6, 6.07) is 0.